The standard InChI is InChI=1S/C24H21ClF3N3O3S/c25-21-10-9-17(15-22(21)35(33,34)29-19-6-2-1-3-7-19)23(32)31-13-11-30(12-14-31)20-8-4-5-18(16-20)24(26,27)28/h1-10,15-16,29H,11-14H2. The molecular weight excluding hydrogens is 503 g/mol. The molecule has 1 aliphatic rings. The Balaban J connectivity index is 1.47. The highest BCUT2D eigenvalue weighted by Crippen LogP contribution is 2.32. The predicted octanol–water partition coefficient (Wildman–Crippen LogP) is 5.12. The highest BCUT2D eigenvalue weighted by atomic mass is 35.5. The number of amides is 1. The van der Waals surface area contributed by atoms with Crippen LogP contribution >= 0.6 is 11.6 Å². The number of alkyl halides is 3. The smallest absolute Gasteiger partial charge is 0.368 e. The molecule has 0 saturated carbocycles. The van der Waals surface area contributed by atoms with Crippen molar-refractivity contribution in [3.63, 3.8) is 0 Å². The van der Waals surface area contributed by atoms with Crippen molar-refractivity contribution in [1.82, 2.24) is 4.90 Å². The minimum Gasteiger partial charge on any atom is -0.368 e. The first-order valence-electron chi connectivity index (χ1n) is 10.6. The Bertz CT molecular complexity index is 1330. The lowest BCUT2D eigenvalue weighted by atomic mass is 10.1. The molecule has 0 spiro atoms. The molecule has 35 heavy (non-hydrogen) atoms. The van der Waals surface area contributed by atoms with Gasteiger partial charge in [0.05, 0.1) is 10.6 Å². The number of nitrogens with one attached hydrogen (secondary N) is 1. The number of sulfonamides is 1. The minimum atomic E-state index is -4.43. The molecule has 1 N–H and O–H groups in total. The number of halogens is 4. The molecule has 0 unspecified atom stereocenters. The van der Waals surface area contributed by atoms with Crippen LogP contribution in [0.2, 0.25) is 5.02 Å². The number of para-hydroxylation sites is 1. The Morgan fingerprint density at radius 3 is 2.23 bits per heavy atom. The van der Waals surface area contributed by atoms with Crippen LogP contribution in [0.4, 0.5) is 24.5 Å². The first kappa shape index (κ1) is 24.9. The Labute approximate surface area is 206 Å². The molecule has 11 heteroatoms. The van der Waals surface area contributed by atoms with E-state index in [4.69, 9.17) is 11.6 Å². The van der Waals surface area contributed by atoms with Crippen molar-refractivity contribution in [2.24, 2.45) is 0 Å². The van der Waals surface area contributed by atoms with E-state index in [1.165, 1.54) is 29.2 Å². The van der Waals surface area contributed by atoms with Crippen LogP contribution < -0.4 is 9.62 Å². The molecule has 3 aromatic carbocycles. The zero-order valence-electron chi connectivity index (χ0n) is 18.3. The summed E-state index contributed by atoms with van der Waals surface area (Å²) in [7, 11) is -4.04. The van der Waals surface area contributed by atoms with Gasteiger partial charge >= 0.3 is 6.18 Å². The van der Waals surface area contributed by atoms with E-state index in [2.05, 4.69) is 4.72 Å². The summed E-state index contributed by atoms with van der Waals surface area (Å²) in [5, 5.41) is -0.0284. The van der Waals surface area contributed by atoms with E-state index in [0.29, 0.717) is 24.5 Å². The summed E-state index contributed by atoms with van der Waals surface area (Å²) >= 11 is 6.14. The molecule has 0 bridgehead atoms. The third kappa shape index (κ3) is 5.71. The molecule has 0 aromatic heterocycles. The second-order valence-corrected chi connectivity index (χ2v) is 10.0. The molecule has 4 rings (SSSR count). The third-order valence-corrected chi connectivity index (χ3v) is 7.46. The summed E-state index contributed by atoms with van der Waals surface area (Å²) in [6, 6.07) is 17.4. The molecule has 1 aliphatic heterocycles. The molecular formula is C24H21ClF3N3O3S. The fourth-order valence-electron chi connectivity index (χ4n) is 3.79. The summed E-state index contributed by atoms with van der Waals surface area (Å²) in [5.41, 5.74) is 0.202. The van der Waals surface area contributed by atoms with Crippen molar-refractivity contribution >= 4 is 38.9 Å². The Morgan fingerprint density at radius 1 is 0.886 bits per heavy atom. The largest absolute Gasteiger partial charge is 0.416 e. The van der Waals surface area contributed by atoms with Crippen LogP contribution in [-0.4, -0.2) is 45.4 Å². The Kier molecular flexibility index (Phi) is 6.95. The van der Waals surface area contributed by atoms with E-state index in [-0.39, 0.29) is 34.5 Å². The number of piperazine rings is 1. The van der Waals surface area contributed by atoms with Crippen LogP contribution in [0.15, 0.2) is 77.7 Å². The fourth-order valence-corrected chi connectivity index (χ4v) is 5.37. The number of carbonyl (C=O) groups is 1. The van der Waals surface area contributed by atoms with Gasteiger partial charge in [-0.05, 0) is 48.5 Å². The molecule has 1 fully saturated rings. The van der Waals surface area contributed by atoms with Crippen LogP contribution in [-0.2, 0) is 16.2 Å². The zero-order chi connectivity index (χ0) is 25.2. The number of hydrogen-bond donors (Lipinski definition) is 1. The molecule has 184 valence electrons. The van der Waals surface area contributed by atoms with E-state index < -0.39 is 21.8 Å². The lowest BCUT2D eigenvalue weighted by Crippen LogP contribution is -2.48. The highest BCUT2D eigenvalue weighted by molar-refractivity contribution is 7.92. The molecule has 6 nitrogen and oxygen atoms in total. The number of nitrogens with zero attached hydrogens (tertiary/aromatic N) is 2. The van der Waals surface area contributed by atoms with E-state index >= 15 is 0 Å². The highest BCUT2D eigenvalue weighted by Gasteiger charge is 2.31. The van der Waals surface area contributed by atoms with Crippen molar-refractivity contribution in [3.8, 4) is 0 Å². The van der Waals surface area contributed by atoms with Gasteiger partial charge in [0.15, 0.2) is 0 Å². The Morgan fingerprint density at radius 2 is 1.57 bits per heavy atom. The summed E-state index contributed by atoms with van der Waals surface area (Å²) in [5.74, 6) is -0.387. The molecule has 3 aromatic rings. The van der Waals surface area contributed by atoms with Gasteiger partial charge in [0.25, 0.3) is 15.9 Å². The van der Waals surface area contributed by atoms with Crippen LogP contribution in [0.25, 0.3) is 0 Å². The van der Waals surface area contributed by atoms with Gasteiger partial charge in [0.1, 0.15) is 4.90 Å². The van der Waals surface area contributed by atoms with Gasteiger partial charge in [0, 0.05) is 43.1 Å². The third-order valence-electron chi connectivity index (χ3n) is 5.60. The summed E-state index contributed by atoms with van der Waals surface area (Å²) in [4.78, 5) is 16.2. The van der Waals surface area contributed by atoms with Crippen molar-refractivity contribution in [1.29, 1.82) is 0 Å². The number of anilines is 2. The SMILES string of the molecule is O=C(c1ccc(Cl)c(S(=O)(=O)Nc2ccccc2)c1)N1CCN(c2cccc(C(F)(F)F)c2)CC1. The van der Waals surface area contributed by atoms with E-state index in [1.54, 1.807) is 41.3 Å². The zero-order valence-corrected chi connectivity index (χ0v) is 19.9. The topological polar surface area (TPSA) is 69.7 Å². The van der Waals surface area contributed by atoms with Crippen LogP contribution in [0, 0.1) is 0 Å². The van der Waals surface area contributed by atoms with Crippen LogP contribution in [0.3, 0.4) is 0 Å². The maximum atomic E-state index is 13.1. The number of rotatable bonds is 5. The summed E-state index contributed by atoms with van der Waals surface area (Å²) < 4.78 is 67.3. The van der Waals surface area contributed by atoms with Crippen molar-refractivity contribution in [3.05, 3.63) is 88.9 Å². The van der Waals surface area contributed by atoms with E-state index in [1.807, 2.05) is 0 Å². The number of carbonyl (C=O) groups excluding carboxylic acids is 1. The van der Waals surface area contributed by atoms with Gasteiger partial charge in [-0.1, -0.05) is 35.9 Å². The molecule has 1 saturated heterocycles. The van der Waals surface area contributed by atoms with Crippen molar-refractivity contribution in [2.75, 3.05) is 35.8 Å². The van der Waals surface area contributed by atoms with Crippen LogP contribution in [0.5, 0.6) is 0 Å². The first-order chi connectivity index (χ1) is 16.5. The summed E-state index contributed by atoms with van der Waals surface area (Å²) in [6.07, 6.45) is -4.43. The van der Waals surface area contributed by atoms with E-state index in [9.17, 15) is 26.4 Å². The van der Waals surface area contributed by atoms with Gasteiger partial charge in [-0.15, -0.1) is 0 Å². The average molecular weight is 524 g/mol. The molecule has 1 heterocycles. The van der Waals surface area contributed by atoms with Crippen molar-refractivity contribution in [2.45, 2.75) is 11.1 Å². The first-order valence-corrected chi connectivity index (χ1v) is 12.5. The fraction of sp³-hybridized carbons (Fsp3) is 0.208. The van der Waals surface area contributed by atoms with Crippen molar-refractivity contribution < 1.29 is 26.4 Å². The van der Waals surface area contributed by atoms with Gasteiger partial charge in [0.2, 0.25) is 0 Å². The lowest BCUT2D eigenvalue weighted by Gasteiger charge is -2.36. The second kappa shape index (κ2) is 9.79. The normalized spacial score (nSPS) is 14.6. The van der Waals surface area contributed by atoms with Gasteiger partial charge in [-0.3, -0.25) is 9.52 Å². The minimum absolute atomic E-state index is 0.0284. The number of benzene rings is 3. The molecule has 0 atom stereocenters. The van der Waals surface area contributed by atoms with Crippen LogP contribution in [0.1, 0.15) is 15.9 Å². The number of hydrogen-bond acceptors (Lipinski definition) is 4. The quantitative estimate of drug-likeness (QED) is 0.504. The molecule has 0 aliphatic carbocycles. The maximum absolute atomic E-state index is 13.1. The second-order valence-electron chi connectivity index (χ2n) is 7.94. The van der Waals surface area contributed by atoms with Gasteiger partial charge in [-0.25, -0.2) is 8.42 Å². The lowest BCUT2D eigenvalue weighted by molar-refractivity contribution is -0.137. The van der Waals surface area contributed by atoms with Gasteiger partial charge < -0.3 is 9.80 Å². The average Bonchev–Trinajstić information content (AvgIpc) is 2.84. The van der Waals surface area contributed by atoms with E-state index in [0.717, 1.165) is 12.1 Å². The summed E-state index contributed by atoms with van der Waals surface area (Å²) in [6.45, 7) is 1.20. The molecule has 1 amide bonds. The maximum Gasteiger partial charge on any atom is 0.416 e. The predicted molar refractivity (Wildman–Crippen MR) is 128 cm³/mol. The Hall–Kier alpha value is -3.24. The monoisotopic (exact) mass is 523 g/mol. The molecule has 0 radical (unpaired) electrons. The van der Waals surface area contributed by atoms with Gasteiger partial charge in [-0.2, -0.15) is 13.2 Å².